The van der Waals surface area contributed by atoms with E-state index in [-0.39, 0.29) is 17.7 Å². The Morgan fingerprint density at radius 2 is 1.79 bits per heavy atom. The van der Waals surface area contributed by atoms with Gasteiger partial charge in [0, 0.05) is 20.0 Å². The van der Waals surface area contributed by atoms with Crippen LogP contribution in [0.4, 0.5) is 0 Å². The molecule has 0 heterocycles. The standard InChI is InChI=1S/C15H25NO3/c1-16(11-12-5-6-12)13(17)9-15(10-14(18)19)7-3-2-4-8-15/h12H,2-11H2,1H3,(H,18,19). The van der Waals surface area contributed by atoms with Crippen molar-refractivity contribution in [2.24, 2.45) is 11.3 Å². The van der Waals surface area contributed by atoms with Gasteiger partial charge in [-0.15, -0.1) is 0 Å². The molecule has 0 aliphatic heterocycles. The number of carbonyl (C=O) groups excluding carboxylic acids is 1. The Labute approximate surface area is 115 Å². The fourth-order valence-electron chi connectivity index (χ4n) is 3.28. The Morgan fingerprint density at radius 1 is 1.16 bits per heavy atom. The van der Waals surface area contributed by atoms with Gasteiger partial charge in [0.15, 0.2) is 0 Å². The number of aliphatic carboxylic acids is 1. The molecule has 19 heavy (non-hydrogen) atoms. The topological polar surface area (TPSA) is 57.6 Å². The van der Waals surface area contributed by atoms with Crippen LogP contribution in [0.2, 0.25) is 0 Å². The fourth-order valence-corrected chi connectivity index (χ4v) is 3.28. The third-order valence-electron chi connectivity index (χ3n) is 4.62. The summed E-state index contributed by atoms with van der Waals surface area (Å²) in [5, 5.41) is 9.11. The average Bonchev–Trinajstić information content (AvgIpc) is 3.12. The summed E-state index contributed by atoms with van der Waals surface area (Å²) < 4.78 is 0. The molecule has 0 unspecified atom stereocenters. The van der Waals surface area contributed by atoms with E-state index in [0.717, 1.165) is 32.2 Å². The first-order valence-electron chi connectivity index (χ1n) is 7.46. The van der Waals surface area contributed by atoms with E-state index in [4.69, 9.17) is 5.11 Å². The molecule has 1 N–H and O–H groups in total. The maximum absolute atomic E-state index is 12.3. The van der Waals surface area contributed by atoms with Crippen molar-refractivity contribution in [1.82, 2.24) is 4.90 Å². The number of hydrogen-bond acceptors (Lipinski definition) is 2. The highest BCUT2D eigenvalue weighted by molar-refractivity contribution is 5.78. The summed E-state index contributed by atoms with van der Waals surface area (Å²) in [6, 6.07) is 0. The second-order valence-electron chi connectivity index (χ2n) is 6.53. The van der Waals surface area contributed by atoms with E-state index in [9.17, 15) is 9.59 Å². The van der Waals surface area contributed by atoms with Gasteiger partial charge in [-0.2, -0.15) is 0 Å². The number of nitrogens with zero attached hydrogens (tertiary/aromatic N) is 1. The van der Waals surface area contributed by atoms with Gasteiger partial charge < -0.3 is 10.0 Å². The van der Waals surface area contributed by atoms with Gasteiger partial charge >= 0.3 is 5.97 Å². The van der Waals surface area contributed by atoms with E-state index in [1.54, 1.807) is 0 Å². The average molecular weight is 267 g/mol. The van der Waals surface area contributed by atoms with Gasteiger partial charge in [-0.05, 0) is 37.0 Å². The molecule has 0 aromatic carbocycles. The van der Waals surface area contributed by atoms with E-state index in [0.29, 0.717) is 12.3 Å². The monoisotopic (exact) mass is 267 g/mol. The lowest BCUT2D eigenvalue weighted by molar-refractivity contribution is -0.142. The number of carboxylic acid groups (broad SMARTS) is 1. The van der Waals surface area contributed by atoms with Crippen molar-refractivity contribution in [1.29, 1.82) is 0 Å². The van der Waals surface area contributed by atoms with Crippen LogP contribution in [-0.4, -0.2) is 35.5 Å². The zero-order valence-corrected chi connectivity index (χ0v) is 11.9. The molecule has 2 fully saturated rings. The van der Waals surface area contributed by atoms with Crippen molar-refractivity contribution in [2.75, 3.05) is 13.6 Å². The van der Waals surface area contributed by atoms with E-state index in [1.807, 2.05) is 11.9 Å². The van der Waals surface area contributed by atoms with Crippen LogP contribution in [0.15, 0.2) is 0 Å². The summed E-state index contributed by atoms with van der Waals surface area (Å²) in [4.78, 5) is 25.2. The lowest BCUT2D eigenvalue weighted by Gasteiger charge is -2.36. The minimum atomic E-state index is -0.764. The number of hydrogen-bond donors (Lipinski definition) is 1. The molecule has 0 aromatic rings. The summed E-state index contributed by atoms with van der Waals surface area (Å²) >= 11 is 0. The molecule has 0 bridgehead atoms. The molecule has 4 heteroatoms. The molecule has 2 saturated carbocycles. The van der Waals surface area contributed by atoms with Gasteiger partial charge in [0.25, 0.3) is 0 Å². The van der Waals surface area contributed by atoms with Gasteiger partial charge in [-0.3, -0.25) is 9.59 Å². The first-order valence-corrected chi connectivity index (χ1v) is 7.46. The Balaban J connectivity index is 1.93. The molecule has 0 saturated heterocycles. The highest BCUT2D eigenvalue weighted by atomic mass is 16.4. The normalized spacial score (nSPS) is 21.9. The van der Waals surface area contributed by atoms with Crippen molar-refractivity contribution in [3.8, 4) is 0 Å². The van der Waals surface area contributed by atoms with Crippen molar-refractivity contribution in [3.63, 3.8) is 0 Å². The summed E-state index contributed by atoms with van der Waals surface area (Å²) in [7, 11) is 1.86. The number of carbonyl (C=O) groups is 2. The first-order chi connectivity index (χ1) is 9.01. The molecule has 4 nitrogen and oxygen atoms in total. The van der Waals surface area contributed by atoms with Crippen molar-refractivity contribution >= 4 is 11.9 Å². The van der Waals surface area contributed by atoms with E-state index in [2.05, 4.69) is 0 Å². The molecule has 0 atom stereocenters. The Bertz CT molecular complexity index is 343. The second kappa shape index (κ2) is 5.93. The Kier molecular flexibility index (Phi) is 4.48. The lowest BCUT2D eigenvalue weighted by Crippen LogP contribution is -2.37. The summed E-state index contributed by atoms with van der Waals surface area (Å²) in [6.45, 7) is 0.849. The molecule has 1 amide bonds. The van der Waals surface area contributed by atoms with Gasteiger partial charge in [0.2, 0.25) is 5.91 Å². The minimum absolute atomic E-state index is 0.134. The Hall–Kier alpha value is -1.06. The molecule has 108 valence electrons. The van der Waals surface area contributed by atoms with E-state index >= 15 is 0 Å². The SMILES string of the molecule is CN(CC1CC1)C(=O)CC1(CC(=O)O)CCCCC1. The third kappa shape index (κ3) is 4.22. The number of amides is 1. The molecule has 2 aliphatic carbocycles. The van der Waals surface area contributed by atoms with Gasteiger partial charge in [-0.25, -0.2) is 0 Å². The van der Waals surface area contributed by atoms with E-state index < -0.39 is 5.97 Å². The van der Waals surface area contributed by atoms with Crippen LogP contribution >= 0.6 is 0 Å². The first kappa shape index (κ1) is 14.4. The largest absolute Gasteiger partial charge is 0.481 e. The smallest absolute Gasteiger partial charge is 0.303 e. The zero-order valence-electron chi connectivity index (χ0n) is 11.9. The molecular formula is C15H25NO3. The quantitative estimate of drug-likeness (QED) is 0.805. The van der Waals surface area contributed by atoms with Crippen LogP contribution in [0.3, 0.4) is 0 Å². The second-order valence-corrected chi connectivity index (χ2v) is 6.53. The molecule has 0 aromatic heterocycles. The summed E-state index contributed by atoms with van der Waals surface area (Å²) in [5.41, 5.74) is -0.279. The zero-order chi connectivity index (χ0) is 13.9. The molecule has 0 radical (unpaired) electrons. The van der Waals surface area contributed by atoms with Crippen LogP contribution < -0.4 is 0 Å². The number of rotatable bonds is 6. The van der Waals surface area contributed by atoms with Gasteiger partial charge in [0.05, 0.1) is 6.42 Å². The van der Waals surface area contributed by atoms with E-state index in [1.165, 1.54) is 19.3 Å². The molecule has 2 aliphatic rings. The van der Waals surface area contributed by atoms with Crippen LogP contribution in [0.1, 0.15) is 57.8 Å². The molecular weight excluding hydrogens is 242 g/mol. The lowest BCUT2D eigenvalue weighted by atomic mass is 9.69. The van der Waals surface area contributed by atoms with Crippen LogP contribution in [0.5, 0.6) is 0 Å². The summed E-state index contributed by atoms with van der Waals surface area (Å²) in [6.07, 6.45) is 8.12. The van der Waals surface area contributed by atoms with Crippen molar-refractivity contribution in [2.45, 2.75) is 57.8 Å². The van der Waals surface area contributed by atoms with Crippen LogP contribution in [0, 0.1) is 11.3 Å². The maximum Gasteiger partial charge on any atom is 0.303 e. The van der Waals surface area contributed by atoms with Crippen LogP contribution in [-0.2, 0) is 9.59 Å². The van der Waals surface area contributed by atoms with Crippen molar-refractivity contribution < 1.29 is 14.7 Å². The van der Waals surface area contributed by atoms with Crippen molar-refractivity contribution in [3.05, 3.63) is 0 Å². The minimum Gasteiger partial charge on any atom is -0.481 e. The predicted octanol–water partition coefficient (Wildman–Crippen LogP) is 2.67. The van der Waals surface area contributed by atoms with Gasteiger partial charge in [-0.1, -0.05) is 19.3 Å². The van der Waals surface area contributed by atoms with Gasteiger partial charge in [0.1, 0.15) is 0 Å². The highest BCUT2D eigenvalue weighted by Crippen LogP contribution is 2.42. The maximum atomic E-state index is 12.3. The highest BCUT2D eigenvalue weighted by Gasteiger charge is 2.37. The number of carboxylic acids is 1. The fraction of sp³-hybridized carbons (Fsp3) is 0.867. The Morgan fingerprint density at radius 3 is 2.32 bits per heavy atom. The van der Waals surface area contributed by atoms with Crippen LogP contribution in [0.25, 0.3) is 0 Å². The third-order valence-corrected chi connectivity index (χ3v) is 4.62. The molecule has 0 spiro atoms. The molecule has 2 rings (SSSR count). The predicted molar refractivity (Wildman–Crippen MR) is 72.7 cm³/mol. The summed E-state index contributed by atoms with van der Waals surface area (Å²) in [5.74, 6) is 0.0605.